The average Bonchev–Trinajstić information content (AvgIpc) is 2.76. The van der Waals surface area contributed by atoms with Gasteiger partial charge in [-0.1, -0.05) is 29.9 Å². The van der Waals surface area contributed by atoms with Crippen molar-refractivity contribution in [1.82, 2.24) is 9.78 Å². The van der Waals surface area contributed by atoms with Crippen LogP contribution < -0.4 is 11.1 Å². The smallest absolute Gasteiger partial charge is 0.230 e. The third kappa shape index (κ3) is 3.37. The number of hydrogen-bond acceptors (Lipinski definition) is 3. The zero-order valence-corrected chi connectivity index (χ0v) is 12.6. The van der Waals surface area contributed by atoms with Gasteiger partial charge in [-0.2, -0.15) is 5.10 Å². The van der Waals surface area contributed by atoms with Crippen molar-refractivity contribution in [3.63, 3.8) is 0 Å². The van der Waals surface area contributed by atoms with Gasteiger partial charge in [0.1, 0.15) is 16.6 Å². The summed E-state index contributed by atoms with van der Waals surface area (Å²) in [5.41, 5.74) is 6.13. The topological polar surface area (TPSA) is 72.9 Å². The van der Waals surface area contributed by atoms with Crippen molar-refractivity contribution in [3.05, 3.63) is 46.4 Å². The summed E-state index contributed by atoms with van der Waals surface area (Å²) >= 11 is 10.8. The number of benzene rings is 1. The number of halogens is 2. The molecule has 0 spiro atoms. The fourth-order valence-electron chi connectivity index (χ4n) is 1.80. The Morgan fingerprint density at radius 1 is 1.57 bits per heavy atom. The van der Waals surface area contributed by atoms with Crippen LogP contribution in [0.5, 0.6) is 0 Å². The molecule has 0 fully saturated rings. The molecule has 1 aromatic carbocycles. The van der Waals surface area contributed by atoms with E-state index in [4.69, 9.17) is 29.6 Å². The average molecular weight is 327 g/mol. The Hall–Kier alpha value is -1.99. The second kappa shape index (κ2) is 6.19. The van der Waals surface area contributed by atoms with E-state index in [2.05, 4.69) is 10.4 Å². The van der Waals surface area contributed by atoms with Gasteiger partial charge in [-0.15, -0.1) is 0 Å². The second-order valence-electron chi connectivity index (χ2n) is 4.32. The molecule has 0 aliphatic rings. The van der Waals surface area contributed by atoms with Crippen molar-refractivity contribution in [2.24, 2.45) is 12.8 Å². The number of nitrogens with two attached hydrogens (primary N) is 1. The summed E-state index contributed by atoms with van der Waals surface area (Å²) in [6.45, 7) is 0. The summed E-state index contributed by atoms with van der Waals surface area (Å²) in [5, 5.41) is 6.78. The van der Waals surface area contributed by atoms with Gasteiger partial charge in [0.15, 0.2) is 0 Å². The minimum Gasteiger partial charge on any atom is -0.389 e. The van der Waals surface area contributed by atoms with Crippen LogP contribution >= 0.6 is 23.8 Å². The van der Waals surface area contributed by atoms with Crippen LogP contribution in [-0.4, -0.2) is 20.7 Å². The fourth-order valence-corrected chi connectivity index (χ4v) is 2.18. The molecular formula is C13H12ClFN4OS. The Morgan fingerprint density at radius 3 is 2.90 bits per heavy atom. The van der Waals surface area contributed by atoms with E-state index in [0.717, 1.165) is 0 Å². The highest BCUT2D eigenvalue weighted by Crippen LogP contribution is 2.20. The summed E-state index contributed by atoms with van der Waals surface area (Å²) in [4.78, 5) is 12.2. The minimum atomic E-state index is -0.530. The SMILES string of the molecule is Cn1ncc(C(N)=S)c1NC(=O)Cc1c(F)cccc1Cl. The number of carbonyl (C=O) groups is 1. The monoisotopic (exact) mass is 326 g/mol. The first-order valence-corrected chi connectivity index (χ1v) is 6.73. The Labute approximate surface area is 130 Å². The number of amides is 1. The summed E-state index contributed by atoms with van der Waals surface area (Å²) in [6, 6.07) is 4.25. The van der Waals surface area contributed by atoms with Gasteiger partial charge in [0.25, 0.3) is 0 Å². The number of anilines is 1. The van der Waals surface area contributed by atoms with Crippen molar-refractivity contribution in [2.45, 2.75) is 6.42 Å². The lowest BCUT2D eigenvalue weighted by molar-refractivity contribution is -0.115. The number of aromatic nitrogens is 2. The van der Waals surface area contributed by atoms with Crippen molar-refractivity contribution < 1.29 is 9.18 Å². The summed E-state index contributed by atoms with van der Waals surface area (Å²) in [6.07, 6.45) is 1.25. The zero-order valence-electron chi connectivity index (χ0n) is 11.1. The Bertz CT molecular complexity index is 696. The highest BCUT2D eigenvalue weighted by atomic mass is 35.5. The Morgan fingerprint density at radius 2 is 2.29 bits per heavy atom. The van der Waals surface area contributed by atoms with Crippen LogP contribution in [0, 0.1) is 5.82 Å². The molecule has 0 bridgehead atoms. The lowest BCUT2D eigenvalue weighted by Crippen LogP contribution is -2.20. The molecule has 0 unspecified atom stereocenters. The molecule has 0 saturated heterocycles. The van der Waals surface area contributed by atoms with Crippen molar-refractivity contribution >= 4 is 40.5 Å². The van der Waals surface area contributed by atoms with Gasteiger partial charge < -0.3 is 11.1 Å². The molecule has 0 aliphatic heterocycles. The van der Waals surface area contributed by atoms with Crippen LogP contribution in [0.25, 0.3) is 0 Å². The maximum atomic E-state index is 13.7. The molecule has 110 valence electrons. The third-order valence-electron chi connectivity index (χ3n) is 2.86. The molecule has 2 rings (SSSR count). The molecule has 1 heterocycles. The lowest BCUT2D eigenvalue weighted by atomic mass is 10.1. The highest BCUT2D eigenvalue weighted by molar-refractivity contribution is 7.80. The van der Waals surface area contributed by atoms with Crippen molar-refractivity contribution in [3.8, 4) is 0 Å². The van der Waals surface area contributed by atoms with Crippen LogP contribution in [0.3, 0.4) is 0 Å². The molecule has 2 aromatic rings. The van der Waals surface area contributed by atoms with Gasteiger partial charge in [-0.05, 0) is 12.1 Å². The highest BCUT2D eigenvalue weighted by Gasteiger charge is 2.16. The number of rotatable bonds is 4. The van der Waals surface area contributed by atoms with Gasteiger partial charge >= 0.3 is 0 Å². The molecular weight excluding hydrogens is 315 g/mol. The van der Waals surface area contributed by atoms with E-state index in [1.54, 1.807) is 7.05 Å². The molecule has 5 nitrogen and oxygen atoms in total. The molecule has 0 atom stereocenters. The van der Waals surface area contributed by atoms with Crippen LogP contribution in [-0.2, 0) is 18.3 Å². The van der Waals surface area contributed by atoms with Crippen LogP contribution in [0.1, 0.15) is 11.1 Å². The summed E-state index contributed by atoms with van der Waals surface area (Å²) < 4.78 is 15.1. The first-order chi connectivity index (χ1) is 9.90. The van der Waals surface area contributed by atoms with E-state index in [1.807, 2.05) is 0 Å². The number of aryl methyl sites for hydroxylation is 1. The largest absolute Gasteiger partial charge is 0.389 e. The molecule has 3 N–H and O–H groups in total. The quantitative estimate of drug-likeness (QED) is 0.843. The van der Waals surface area contributed by atoms with Crippen LogP contribution in [0.2, 0.25) is 5.02 Å². The summed E-state index contributed by atoms with van der Waals surface area (Å²) in [5.74, 6) is -0.611. The van der Waals surface area contributed by atoms with E-state index >= 15 is 0 Å². The molecule has 8 heteroatoms. The fraction of sp³-hybridized carbons (Fsp3) is 0.154. The molecule has 0 radical (unpaired) electrons. The van der Waals surface area contributed by atoms with E-state index in [0.29, 0.717) is 11.4 Å². The van der Waals surface area contributed by atoms with Crippen LogP contribution in [0.15, 0.2) is 24.4 Å². The Kier molecular flexibility index (Phi) is 4.54. The number of carbonyl (C=O) groups excluding carboxylic acids is 1. The third-order valence-corrected chi connectivity index (χ3v) is 3.44. The number of hydrogen-bond donors (Lipinski definition) is 2. The molecule has 0 aliphatic carbocycles. The minimum absolute atomic E-state index is 0.113. The van der Waals surface area contributed by atoms with Gasteiger partial charge in [-0.3, -0.25) is 9.48 Å². The predicted octanol–water partition coefficient (Wildman–Crippen LogP) is 2.03. The summed E-state index contributed by atoms with van der Waals surface area (Å²) in [7, 11) is 1.63. The second-order valence-corrected chi connectivity index (χ2v) is 5.17. The number of thiocarbonyl (C=S) groups is 1. The van der Waals surface area contributed by atoms with Crippen LogP contribution in [0.4, 0.5) is 10.2 Å². The molecule has 1 amide bonds. The van der Waals surface area contributed by atoms with Gasteiger partial charge in [0.2, 0.25) is 5.91 Å². The molecule has 21 heavy (non-hydrogen) atoms. The number of nitrogens with zero attached hydrogens (tertiary/aromatic N) is 2. The molecule has 1 aromatic heterocycles. The van der Waals surface area contributed by atoms with E-state index < -0.39 is 11.7 Å². The Balaban J connectivity index is 2.20. The zero-order chi connectivity index (χ0) is 15.6. The van der Waals surface area contributed by atoms with Gasteiger partial charge in [-0.25, -0.2) is 4.39 Å². The maximum Gasteiger partial charge on any atom is 0.230 e. The van der Waals surface area contributed by atoms with E-state index in [1.165, 1.54) is 29.1 Å². The maximum absolute atomic E-state index is 13.7. The van der Waals surface area contributed by atoms with E-state index in [-0.39, 0.29) is 22.0 Å². The standard InChI is InChI=1S/C13H12ClFN4OS/c1-19-13(8(6-17-19)12(16)21)18-11(20)5-7-9(14)3-2-4-10(7)15/h2-4,6H,5H2,1H3,(H2,16,21)(H,18,20). The van der Waals surface area contributed by atoms with Gasteiger partial charge in [0.05, 0.1) is 18.2 Å². The first kappa shape index (κ1) is 15.4. The normalized spacial score (nSPS) is 10.4. The van der Waals surface area contributed by atoms with Gasteiger partial charge in [0, 0.05) is 17.6 Å². The van der Waals surface area contributed by atoms with Crippen molar-refractivity contribution in [1.29, 1.82) is 0 Å². The van der Waals surface area contributed by atoms with Crippen molar-refractivity contribution in [2.75, 3.05) is 5.32 Å². The lowest BCUT2D eigenvalue weighted by Gasteiger charge is -2.09. The molecule has 0 saturated carbocycles. The number of nitrogens with one attached hydrogen (secondary N) is 1. The first-order valence-electron chi connectivity index (χ1n) is 5.94. The predicted molar refractivity (Wildman–Crippen MR) is 82.8 cm³/mol. The van der Waals surface area contributed by atoms with E-state index in [9.17, 15) is 9.18 Å².